The molecular formula is C15H21ClO2. The summed E-state index contributed by atoms with van der Waals surface area (Å²) in [4.78, 5) is 12.1. The quantitative estimate of drug-likeness (QED) is 0.761. The lowest BCUT2D eigenvalue weighted by Crippen LogP contribution is -2.35. The lowest BCUT2D eigenvalue weighted by atomic mass is 9.88. The van der Waals surface area contributed by atoms with Gasteiger partial charge in [0.1, 0.15) is 6.10 Å². The van der Waals surface area contributed by atoms with Crippen molar-refractivity contribution in [3.8, 4) is 0 Å². The van der Waals surface area contributed by atoms with Crippen molar-refractivity contribution in [3.63, 3.8) is 0 Å². The smallest absolute Gasteiger partial charge is 0.168 e. The number of alkyl halides is 1. The third-order valence-electron chi connectivity index (χ3n) is 2.74. The Kier molecular flexibility index (Phi) is 5.36. The third-order valence-corrected chi connectivity index (χ3v) is 3.02. The Labute approximate surface area is 114 Å². The van der Waals surface area contributed by atoms with Crippen LogP contribution in [0.25, 0.3) is 0 Å². The van der Waals surface area contributed by atoms with Gasteiger partial charge in [-0.3, -0.25) is 4.79 Å². The molecule has 0 aliphatic heterocycles. The molecule has 0 heterocycles. The molecule has 0 N–H and O–H groups in total. The molecule has 0 fully saturated rings. The van der Waals surface area contributed by atoms with Crippen LogP contribution in [0.3, 0.4) is 0 Å². The summed E-state index contributed by atoms with van der Waals surface area (Å²) >= 11 is 5.81. The summed E-state index contributed by atoms with van der Waals surface area (Å²) in [6.45, 7) is 8.09. The van der Waals surface area contributed by atoms with Gasteiger partial charge in [-0.1, -0.05) is 50.6 Å². The molecule has 1 atom stereocenters. The average molecular weight is 269 g/mol. The molecule has 0 aliphatic rings. The average Bonchev–Trinajstić information content (AvgIpc) is 2.31. The Hall–Kier alpha value is -0.860. The summed E-state index contributed by atoms with van der Waals surface area (Å²) in [6.07, 6.45) is -0.534. The summed E-state index contributed by atoms with van der Waals surface area (Å²) in [5, 5.41) is 0. The fraction of sp³-hybridized carbons (Fsp3) is 0.533. The largest absolute Gasteiger partial charge is 0.364 e. The first-order valence-electron chi connectivity index (χ1n) is 6.12. The van der Waals surface area contributed by atoms with E-state index < -0.39 is 11.5 Å². The number of carbonyl (C=O) groups is 1. The van der Waals surface area contributed by atoms with Crippen LogP contribution < -0.4 is 0 Å². The van der Waals surface area contributed by atoms with Crippen LogP contribution in [0.4, 0.5) is 0 Å². The van der Waals surface area contributed by atoms with E-state index >= 15 is 0 Å². The van der Waals surface area contributed by atoms with Crippen molar-refractivity contribution in [2.24, 2.45) is 5.41 Å². The fourth-order valence-corrected chi connectivity index (χ4v) is 1.78. The summed E-state index contributed by atoms with van der Waals surface area (Å²) in [5.41, 5.74) is 1.84. The second kappa shape index (κ2) is 6.35. The number of rotatable bonds is 5. The van der Waals surface area contributed by atoms with E-state index in [1.807, 2.05) is 52.0 Å². The zero-order valence-corrected chi connectivity index (χ0v) is 12.3. The van der Waals surface area contributed by atoms with Crippen LogP contribution in [0.15, 0.2) is 24.3 Å². The SMILES string of the molecule is Cc1ccc(COC(CCl)C(=O)C(C)(C)C)cc1. The number of hydrogen-bond acceptors (Lipinski definition) is 2. The van der Waals surface area contributed by atoms with Crippen LogP contribution in [-0.2, 0) is 16.1 Å². The number of Topliss-reactive ketones (excluding diaryl/α,β-unsaturated/α-hetero) is 1. The number of benzene rings is 1. The highest BCUT2D eigenvalue weighted by Gasteiger charge is 2.29. The van der Waals surface area contributed by atoms with Crippen molar-refractivity contribution >= 4 is 17.4 Å². The number of aryl methyl sites for hydroxylation is 1. The van der Waals surface area contributed by atoms with Gasteiger partial charge in [0.2, 0.25) is 0 Å². The minimum atomic E-state index is -0.534. The molecule has 0 aliphatic carbocycles. The van der Waals surface area contributed by atoms with Gasteiger partial charge in [0.05, 0.1) is 12.5 Å². The Morgan fingerprint density at radius 1 is 1.28 bits per heavy atom. The Bertz CT molecular complexity index is 390. The predicted molar refractivity (Wildman–Crippen MR) is 74.9 cm³/mol. The van der Waals surface area contributed by atoms with Gasteiger partial charge in [0.25, 0.3) is 0 Å². The summed E-state index contributed by atoms with van der Waals surface area (Å²) < 4.78 is 5.62. The van der Waals surface area contributed by atoms with E-state index in [-0.39, 0.29) is 11.7 Å². The summed E-state index contributed by atoms with van der Waals surface area (Å²) in [5.74, 6) is 0.242. The fourth-order valence-electron chi connectivity index (χ4n) is 1.55. The van der Waals surface area contributed by atoms with Crippen molar-refractivity contribution in [2.75, 3.05) is 5.88 Å². The van der Waals surface area contributed by atoms with Crippen molar-refractivity contribution < 1.29 is 9.53 Å². The first-order chi connectivity index (χ1) is 8.34. The molecule has 1 aromatic rings. The molecule has 0 aromatic heterocycles. The maximum Gasteiger partial charge on any atom is 0.168 e. The van der Waals surface area contributed by atoms with E-state index in [0.717, 1.165) is 5.56 Å². The zero-order chi connectivity index (χ0) is 13.8. The van der Waals surface area contributed by atoms with E-state index in [2.05, 4.69) is 0 Å². The van der Waals surface area contributed by atoms with Crippen LogP contribution >= 0.6 is 11.6 Å². The minimum absolute atomic E-state index is 0.0459. The maximum absolute atomic E-state index is 12.1. The van der Waals surface area contributed by atoms with Gasteiger partial charge in [-0.2, -0.15) is 0 Å². The van der Waals surface area contributed by atoms with Crippen LogP contribution in [0.1, 0.15) is 31.9 Å². The van der Waals surface area contributed by atoms with Gasteiger partial charge < -0.3 is 4.74 Å². The number of carbonyl (C=O) groups excluding carboxylic acids is 1. The lowest BCUT2D eigenvalue weighted by molar-refractivity contribution is -0.137. The van der Waals surface area contributed by atoms with E-state index in [1.165, 1.54) is 5.56 Å². The second-order valence-corrected chi connectivity index (χ2v) is 5.86. The molecule has 0 bridgehead atoms. The molecule has 100 valence electrons. The van der Waals surface area contributed by atoms with Gasteiger partial charge in [-0.05, 0) is 12.5 Å². The molecule has 2 nitrogen and oxygen atoms in total. The molecule has 0 amide bonds. The van der Waals surface area contributed by atoms with E-state index in [9.17, 15) is 4.79 Å². The van der Waals surface area contributed by atoms with E-state index in [0.29, 0.717) is 6.61 Å². The number of ether oxygens (including phenoxy) is 1. The molecular weight excluding hydrogens is 248 g/mol. The monoisotopic (exact) mass is 268 g/mol. The highest BCUT2D eigenvalue weighted by Crippen LogP contribution is 2.20. The lowest BCUT2D eigenvalue weighted by Gasteiger charge is -2.23. The normalized spacial score (nSPS) is 13.4. The Balaban J connectivity index is 2.60. The molecule has 0 saturated carbocycles. The second-order valence-electron chi connectivity index (χ2n) is 5.55. The summed E-state index contributed by atoms with van der Waals surface area (Å²) in [6, 6.07) is 8.06. The van der Waals surface area contributed by atoms with Crippen LogP contribution in [0.2, 0.25) is 0 Å². The Morgan fingerprint density at radius 2 is 1.83 bits per heavy atom. The highest BCUT2D eigenvalue weighted by molar-refractivity contribution is 6.20. The molecule has 0 spiro atoms. The predicted octanol–water partition coefficient (Wildman–Crippen LogP) is 3.73. The minimum Gasteiger partial charge on any atom is -0.364 e. The van der Waals surface area contributed by atoms with Crippen molar-refractivity contribution in [1.82, 2.24) is 0 Å². The van der Waals surface area contributed by atoms with Crippen LogP contribution in [-0.4, -0.2) is 17.8 Å². The molecule has 18 heavy (non-hydrogen) atoms. The number of ketones is 1. The van der Waals surface area contributed by atoms with E-state index in [4.69, 9.17) is 16.3 Å². The Morgan fingerprint density at radius 3 is 2.28 bits per heavy atom. The standard InChI is InChI=1S/C15H21ClO2/c1-11-5-7-12(8-6-11)10-18-13(9-16)14(17)15(2,3)4/h5-8,13H,9-10H2,1-4H3. The number of hydrogen-bond donors (Lipinski definition) is 0. The maximum atomic E-state index is 12.1. The first kappa shape index (κ1) is 15.2. The zero-order valence-electron chi connectivity index (χ0n) is 11.5. The molecule has 0 radical (unpaired) electrons. The van der Waals surface area contributed by atoms with Crippen molar-refractivity contribution in [1.29, 1.82) is 0 Å². The summed E-state index contributed by atoms with van der Waals surface area (Å²) in [7, 11) is 0. The van der Waals surface area contributed by atoms with Gasteiger partial charge in [-0.25, -0.2) is 0 Å². The van der Waals surface area contributed by atoms with Gasteiger partial charge in [0, 0.05) is 5.41 Å². The van der Waals surface area contributed by atoms with Gasteiger partial charge >= 0.3 is 0 Å². The number of halogens is 1. The van der Waals surface area contributed by atoms with Crippen molar-refractivity contribution in [2.45, 2.75) is 40.4 Å². The molecule has 1 rings (SSSR count). The first-order valence-corrected chi connectivity index (χ1v) is 6.65. The third kappa shape index (κ3) is 4.43. The molecule has 3 heteroatoms. The van der Waals surface area contributed by atoms with Gasteiger partial charge in [-0.15, -0.1) is 11.6 Å². The van der Waals surface area contributed by atoms with Crippen molar-refractivity contribution in [3.05, 3.63) is 35.4 Å². The topological polar surface area (TPSA) is 26.3 Å². The molecule has 1 aromatic carbocycles. The van der Waals surface area contributed by atoms with E-state index in [1.54, 1.807) is 0 Å². The molecule has 1 unspecified atom stereocenters. The van der Waals surface area contributed by atoms with Crippen LogP contribution in [0.5, 0.6) is 0 Å². The van der Waals surface area contributed by atoms with Crippen LogP contribution in [0, 0.1) is 12.3 Å². The van der Waals surface area contributed by atoms with Gasteiger partial charge in [0.15, 0.2) is 5.78 Å². The molecule has 0 saturated heterocycles. The highest BCUT2D eigenvalue weighted by atomic mass is 35.5.